The number of hydrogen-bond acceptors (Lipinski definition) is 10. The zero-order valence-electron chi connectivity index (χ0n) is 25.4. The van der Waals surface area contributed by atoms with Gasteiger partial charge in [0.25, 0.3) is 0 Å². The zero-order chi connectivity index (χ0) is 32.8. The summed E-state index contributed by atoms with van der Waals surface area (Å²) in [5.41, 5.74) is 2.96. The first-order valence-electron chi connectivity index (χ1n) is 14.6. The molecule has 3 aromatic heterocycles. The molecule has 3 heterocycles. The van der Waals surface area contributed by atoms with E-state index in [1.807, 2.05) is 48.5 Å². The van der Waals surface area contributed by atoms with Crippen LogP contribution in [0.1, 0.15) is 18.2 Å². The Bertz CT molecular complexity index is 2020. The van der Waals surface area contributed by atoms with Crippen LogP contribution >= 0.6 is 15.9 Å². The minimum absolute atomic E-state index is 0.108. The molecular weight excluding hydrogens is 671 g/mol. The third-order valence-corrected chi connectivity index (χ3v) is 7.88. The van der Waals surface area contributed by atoms with Crippen LogP contribution in [0.25, 0.3) is 33.8 Å². The largest absolute Gasteiger partial charge is 0.496 e. The SMILES string of the molecule is CCOC(=O)[C@@H](Cc1ccccc1OCc1ccnc(-c2ccccc2OC)n1)Oc1ncnc2oc(-c3ccc(F)cc3)c(Br)c12. The molecule has 0 N–H and O–H groups in total. The Hall–Kier alpha value is -5.36. The first-order valence-corrected chi connectivity index (χ1v) is 15.4. The quantitative estimate of drug-likeness (QED) is 0.120. The van der Waals surface area contributed by atoms with Gasteiger partial charge < -0.3 is 23.4 Å². The van der Waals surface area contributed by atoms with E-state index in [-0.39, 0.29) is 37.0 Å². The third kappa shape index (κ3) is 7.07. The Morgan fingerprint density at radius 1 is 0.957 bits per heavy atom. The maximum Gasteiger partial charge on any atom is 0.347 e. The first kappa shape index (κ1) is 31.6. The second-order valence-corrected chi connectivity index (χ2v) is 10.9. The number of para-hydroxylation sites is 2. The monoisotopic (exact) mass is 698 g/mol. The van der Waals surface area contributed by atoms with Crippen molar-refractivity contribution in [2.75, 3.05) is 13.7 Å². The lowest BCUT2D eigenvalue weighted by Crippen LogP contribution is -2.32. The summed E-state index contributed by atoms with van der Waals surface area (Å²) >= 11 is 3.56. The number of hydrogen-bond donors (Lipinski definition) is 0. The molecule has 0 fully saturated rings. The number of carbonyl (C=O) groups is 1. The molecular formula is C35H28BrFN4O6. The summed E-state index contributed by atoms with van der Waals surface area (Å²) in [6, 6.07) is 22.5. The van der Waals surface area contributed by atoms with Crippen molar-refractivity contribution in [1.82, 2.24) is 19.9 Å². The highest BCUT2D eigenvalue weighted by atomic mass is 79.9. The number of furan rings is 1. The molecule has 0 saturated carbocycles. The summed E-state index contributed by atoms with van der Waals surface area (Å²) < 4.78 is 43.3. The Kier molecular flexibility index (Phi) is 9.67. The van der Waals surface area contributed by atoms with Gasteiger partial charge in [-0.2, -0.15) is 0 Å². The highest BCUT2D eigenvalue weighted by Gasteiger charge is 2.28. The van der Waals surface area contributed by atoms with Gasteiger partial charge in [-0.25, -0.2) is 29.1 Å². The van der Waals surface area contributed by atoms with E-state index in [0.717, 1.165) is 5.56 Å². The number of esters is 1. The van der Waals surface area contributed by atoms with Crippen LogP contribution in [-0.2, 0) is 22.6 Å². The van der Waals surface area contributed by atoms with Crippen molar-refractivity contribution in [3.05, 3.63) is 113 Å². The van der Waals surface area contributed by atoms with Crippen LogP contribution in [-0.4, -0.2) is 45.7 Å². The van der Waals surface area contributed by atoms with Gasteiger partial charge in [-0.1, -0.05) is 30.3 Å². The zero-order valence-corrected chi connectivity index (χ0v) is 26.9. The average Bonchev–Trinajstić information content (AvgIpc) is 3.44. The molecule has 6 aromatic rings. The summed E-state index contributed by atoms with van der Waals surface area (Å²) in [6.45, 7) is 2.02. The minimum Gasteiger partial charge on any atom is -0.496 e. The van der Waals surface area contributed by atoms with E-state index >= 15 is 0 Å². The Labute approximate surface area is 277 Å². The summed E-state index contributed by atoms with van der Waals surface area (Å²) in [5, 5.41) is 0.417. The summed E-state index contributed by atoms with van der Waals surface area (Å²) in [5.74, 6) is 1.29. The molecule has 0 spiro atoms. The van der Waals surface area contributed by atoms with Crippen LogP contribution in [0.15, 0.2) is 100 Å². The molecule has 6 rings (SSSR count). The lowest BCUT2D eigenvalue weighted by Gasteiger charge is -2.19. The van der Waals surface area contributed by atoms with E-state index in [4.69, 9.17) is 23.4 Å². The normalized spacial score (nSPS) is 11.7. The topological polar surface area (TPSA) is 119 Å². The third-order valence-electron chi connectivity index (χ3n) is 7.12. The van der Waals surface area contributed by atoms with Crippen LogP contribution < -0.4 is 14.2 Å². The molecule has 10 nitrogen and oxygen atoms in total. The maximum atomic E-state index is 13.6. The van der Waals surface area contributed by atoms with Crippen molar-refractivity contribution in [3.8, 4) is 40.1 Å². The second kappa shape index (κ2) is 14.4. The van der Waals surface area contributed by atoms with Crippen molar-refractivity contribution in [2.45, 2.75) is 26.1 Å². The fourth-order valence-corrected chi connectivity index (χ4v) is 5.54. The smallest absolute Gasteiger partial charge is 0.347 e. The maximum absolute atomic E-state index is 13.6. The van der Waals surface area contributed by atoms with E-state index in [1.54, 1.807) is 38.4 Å². The van der Waals surface area contributed by atoms with E-state index in [2.05, 4.69) is 35.9 Å². The van der Waals surface area contributed by atoms with Crippen LogP contribution in [0, 0.1) is 5.82 Å². The molecule has 0 aliphatic carbocycles. The van der Waals surface area contributed by atoms with Gasteiger partial charge in [0.15, 0.2) is 11.6 Å². The van der Waals surface area contributed by atoms with Crippen molar-refractivity contribution < 1.29 is 32.5 Å². The number of halogens is 2. The molecule has 12 heteroatoms. The lowest BCUT2D eigenvalue weighted by molar-refractivity contribution is -0.151. The molecule has 0 amide bonds. The van der Waals surface area contributed by atoms with E-state index < -0.39 is 12.1 Å². The van der Waals surface area contributed by atoms with Gasteiger partial charge >= 0.3 is 5.97 Å². The van der Waals surface area contributed by atoms with Gasteiger partial charge in [-0.3, -0.25) is 0 Å². The van der Waals surface area contributed by atoms with E-state index in [9.17, 15) is 9.18 Å². The first-order chi connectivity index (χ1) is 22.9. The fourth-order valence-electron chi connectivity index (χ4n) is 4.89. The lowest BCUT2D eigenvalue weighted by atomic mass is 10.1. The van der Waals surface area contributed by atoms with Crippen LogP contribution in [0.2, 0.25) is 0 Å². The Morgan fingerprint density at radius 3 is 2.51 bits per heavy atom. The van der Waals surface area contributed by atoms with Gasteiger partial charge in [-0.05, 0) is 76.9 Å². The standard InChI is InChI=1S/C35H28BrFN4O6/c1-3-44-35(42)28(46-33-29-30(36)31(47-34(29)40-20-39-33)21-12-14-23(37)15-13-21)18-22-8-4-6-10-26(22)45-19-24-16-17-38-32(41-24)25-9-5-7-11-27(25)43-2/h4-17,20,28H,3,18-19H2,1-2H3/t28-/m1/s1. The van der Waals surface area contributed by atoms with Gasteiger partial charge in [0, 0.05) is 18.2 Å². The predicted molar refractivity (Wildman–Crippen MR) is 174 cm³/mol. The van der Waals surface area contributed by atoms with E-state index in [1.165, 1.54) is 18.5 Å². The molecule has 0 unspecified atom stereocenters. The van der Waals surface area contributed by atoms with Crippen molar-refractivity contribution >= 4 is 33.0 Å². The number of rotatable bonds is 12. The van der Waals surface area contributed by atoms with Gasteiger partial charge in [0.05, 0.1) is 29.4 Å². The number of aromatic nitrogens is 4. The van der Waals surface area contributed by atoms with Gasteiger partial charge in [0.1, 0.15) is 35.6 Å². The predicted octanol–water partition coefficient (Wildman–Crippen LogP) is 7.39. The second-order valence-electron chi connectivity index (χ2n) is 10.1. The number of methoxy groups -OCH3 is 1. The van der Waals surface area contributed by atoms with Gasteiger partial charge in [-0.15, -0.1) is 0 Å². The highest BCUT2D eigenvalue weighted by molar-refractivity contribution is 9.10. The van der Waals surface area contributed by atoms with Gasteiger partial charge in [0.2, 0.25) is 17.7 Å². The Balaban J connectivity index is 1.25. The van der Waals surface area contributed by atoms with Crippen molar-refractivity contribution in [2.24, 2.45) is 0 Å². The highest BCUT2D eigenvalue weighted by Crippen LogP contribution is 2.41. The molecule has 0 radical (unpaired) electrons. The van der Waals surface area contributed by atoms with Crippen molar-refractivity contribution in [1.29, 1.82) is 0 Å². The molecule has 238 valence electrons. The molecule has 0 aliphatic rings. The number of ether oxygens (including phenoxy) is 4. The minimum atomic E-state index is -1.09. The van der Waals surface area contributed by atoms with Crippen LogP contribution in [0.3, 0.4) is 0 Å². The Morgan fingerprint density at radius 2 is 1.72 bits per heavy atom. The van der Waals surface area contributed by atoms with Crippen LogP contribution in [0.5, 0.6) is 17.4 Å². The molecule has 47 heavy (non-hydrogen) atoms. The summed E-state index contributed by atoms with van der Waals surface area (Å²) in [7, 11) is 1.60. The molecule has 3 aromatic carbocycles. The number of nitrogens with zero attached hydrogens (tertiary/aromatic N) is 4. The van der Waals surface area contributed by atoms with Crippen LogP contribution in [0.4, 0.5) is 4.39 Å². The fraction of sp³-hybridized carbons (Fsp3) is 0.171. The summed E-state index contributed by atoms with van der Waals surface area (Å²) in [6.07, 6.45) is 1.96. The number of benzene rings is 3. The average molecular weight is 700 g/mol. The molecule has 1 atom stereocenters. The van der Waals surface area contributed by atoms with Crippen molar-refractivity contribution in [3.63, 3.8) is 0 Å². The summed E-state index contributed by atoms with van der Waals surface area (Å²) in [4.78, 5) is 30.8. The number of fused-ring (bicyclic) bond motifs is 1. The van der Waals surface area contributed by atoms with E-state index in [0.29, 0.717) is 49.8 Å². The molecule has 0 aliphatic heterocycles. The molecule has 0 saturated heterocycles. The number of carbonyl (C=O) groups excluding carboxylic acids is 1. The molecule has 0 bridgehead atoms.